The second kappa shape index (κ2) is 5.60. The number of methoxy groups -OCH3 is 2. The Morgan fingerprint density at radius 3 is 1.36 bits per heavy atom. The summed E-state index contributed by atoms with van der Waals surface area (Å²) in [5, 5.41) is 0. The molecule has 2 aromatic rings. The van der Waals surface area contributed by atoms with Crippen LogP contribution in [-0.4, -0.2) is 14.2 Å². The van der Waals surface area contributed by atoms with Crippen LogP contribution in [0.15, 0.2) is 48.5 Å². The van der Waals surface area contributed by atoms with Gasteiger partial charge in [0, 0.05) is 0 Å². The van der Waals surface area contributed by atoms with Crippen LogP contribution in [0, 0.1) is 0 Å². The first-order valence-electron chi connectivity index (χ1n) is 6.94. The molecular formula is C16H16O2P2S2. The van der Waals surface area contributed by atoms with Gasteiger partial charge in [0.1, 0.15) is 11.5 Å². The summed E-state index contributed by atoms with van der Waals surface area (Å²) in [5.74, 6) is 1.87. The van der Waals surface area contributed by atoms with Crippen LogP contribution in [0.25, 0.3) is 0 Å². The van der Waals surface area contributed by atoms with Gasteiger partial charge in [-0.2, -0.15) is 0 Å². The summed E-state index contributed by atoms with van der Waals surface area (Å²) >= 11 is 0. The van der Waals surface area contributed by atoms with E-state index in [4.69, 9.17) is 9.47 Å². The average molecular weight is 366 g/mol. The Hall–Kier alpha value is -0.400. The fraction of sp³-hybridized carbons (Fsp3) is 0.250. The Morgan fingerprint density at radius 2 is 1.05 bits per heavy atom. The second-order valence-electron chi connectivity index (χ2n) is 5.24. The molecule has 0 N–H and O–H groups in total. The fourth-order valence-corrected chi connectivity index (χ4v) is 15.9. The van der Waals surface area contributed by atoms with Gasteiger partial charge in [0.25, 0.3) is 0 Å². The van der Waals surface area contributed by atoms with Gasteiger partial charge in [-0.1, -0.05) is 63.0 Å². The van der Waals surface area contributed by atoms with Crippen molar-refractivity contribution in [3.63, 3.8) is 0 Å². The lowest BCUT2D eigenvalue weighted by Gasteiger charge is -2.45. The highest BCUT2D eigenvalue weighted by molar-refractivity contribution is 8.84. The second-order valence-corrected chi connectivity index (χ2v) is 13.7. The topological polar surface area (TPSA) is 18.5 Å². The van der Waals surface area contributed by atoms with Crippen molar-refractivity contribution in [2.75, 3.05) is 14.2 Å². The molecule has 3 aliphatic heterocycles. The highest BCUT2D eigenvalue weighted by Crippen LogP contribution is 2.98. The van der Waals surface area contributed by atoms with E-state index in [2.05, 4.69) is 70.1 Å². The predicted molar refractivity (Wildman–Crippen MR) is 101 cm³/mol. The smallest absolute Gasteiger partial charge is 0.118 e. The summed E-state index contributed by atoms with van der Waals surface area (Å²) in [7, 11) is 9.40. The molecule has 3 aliphatic rings. The van der Waals surface area contributed by atoms with Gasteiger partial charge in [-0.15, -0.1) is 0 Å². The molecule has 0 aliphatic carbocycles. The molecule has 2 aromatic carbocycles. The molecule has 114 valence electrons. The number of rotatable bonds is 4. The van der Waals surface area contributed by atoms with E-state index < -0.39 is 0 Å². The highest BCUT2D eigenvalue weighted by Gasteiger charge is 2.64. The third-order valence-electron chi connectivity index (χ3n) is 3.99. The summed E-state index contributed by atoms with van der Waals surface area (Å²) < 4.78 is 11.2. The largest absolute Gasteiger partial charge is 0.497 e. The van der Waals surface area contributed by atoms with Crippen LogP contribution in [0.4, 0.5) is 0 Å². The molecule has 22 heavy (non-hydrogen) atoms. The lowest BCUT2D eigenvalue weighted by molar-refractivity contribution is 0.414. The van der Waals surface area contributed by atoms with Gasteiger partial charge in [0.2, 0.25) is 0 Å². The Balaban J connectivity index is 1.57. The van der Waals surface area contributed by atoms with Crippen LogP contribution in [-0.2, 0) is 8.46 Å². The molecule has 3 heterocycles. The normalized spacial score (nSPS) is 31.2. The first-order chi connectivity index (χ1) is 10.7. The van der Waals surface area contributed by atoms with E-state index in [-0.39, 0.29) is 0 Å². The van der Waals surface area contributed by atoms with E-state index in [9.17, 15) is 0 Å². The van der Waals surface area contributed by atoms with E-state index in [1.807, 2.05) is 0 Å². The van der Waals surface area contributed by atoms with Crippen molar-refractivity contribution in [1.82, 2.24) is 0 Å². The SMILES string of the molecule is COc1ccc(C23PC(c4ccc(OC)cc4)(P2)SS3)cc1. The molecule has 5 rings (SSSR count). The van der Waals surface area contributed by atoms with Crippen LogP contribution < -0.4 is 9.47 Å². The van der Waals surface area contributed by atoms with Gasteiger partial charge in [0.15, 0.2) is 0 Å². The molecule has 2 nitrogen and oxygen atoms in total. The van der Waals surface area contributed by atoms with Gasteiger partial charge in [-0.3, -0.25) is 0 Å². The molecule has 6 heteroatoms. The monoisotopic (exact) mass is 366 g/mol. The summed E-state index contributed by atoms with van der Waals surface area (Å²) in [4.78, 5) is 0. The average Bonchev–Trinajstić information content (AvgIpc) is 3.13. The predicted octanol–water partition coefficient (Wildman–Crippen LogP) is 5.39. The molecular weight excluding hydrogens is 350 g/mol. The third-order valence-corrected chi connectivity index (χ3v) is 15.1. The molecule has 0 unspecified atom stereocenters. The first-order valence-corrected chi connectivity index (χ1v) is 11.1. The zero-order valence-corrected chi connectivity index (χ0v) is 15.9. The third kappa shape index (κ3) is 2.27. The van der Waals surface area contributed by atoms with E-state index >= 15 is 0 Å². The van der Waals surface area contributed by atoms with Gasteiger partial charge >= 0.3 is 0 Å². The van der Waals surface area contributed by atoms with Crippen LogP contribution >= 0.6 is 38.7 Å². The summed E-state index contributed by atoms with van der Waals surface area (Å²) in [6.07, 6.45) is 0. The minimum Gasteiger partial charge on any atom is -0.497 e. The number of hydrogen-bond acceptors (Lipinski definition) is 4. The van der Waals surface area contributed by atoms with Crippen molar-refractivity contribution < 1.29 is 9.47 Å². The van der Waals surface area contributed by atoms with Crippen molar-refractivity contribution >= 4 is 38.7 Å². The lowest BCUT2D eigenvalue weighted by Crippen LogP contribution is -2.23. The van der Waals surface area contributed by atoms with Crippen molar-refractivity contribution in [3.05, 3.63) is 59.7 Å². The van der Waals surface area contributed by atoms with Gasteiger partial charge < -0.3 is 9.47 Å². The van der Waals surface area contributed by atoms with Crippen molar-refractivity contribution in [2.24, 2.45) is 0 Å². The minimum atomic E-state index is 0.330. The molecule has 0 amide bonds. The van der Waals surface area contributed by atoms with Crippen molar-refractivity contribution in [1.29, 1.82) is 0 Å². The Morgan fingerprint density at radius 1 is 0.682 bits per heavy atom. The molecule has 2 bridgehead atoms. The zero-order chi connectivity index (χ0) is 15.2. The van der Waals surface area contributed by atoms with Gasteiger partial charge in [-0.05, 0) is 35.4 Å². The summed E-state index contributed by atoms with van der Waals surface area (Å²) in [6.45, 7) is 0. The first kappa shape index (κ1) is 15.1. The maximum atomic E-state index is 5.27. The van der Waals surface area contributed by atoms with Crippen LogP contribution in [0.3, 0.4) is 0 Å². The van der Waals surface area contributed by atoms with Gasteiger partial charge in [-0.25, -0.2) is 0 Å². The standard InChI is InChI=1S/C16H16O2P2S2/c1-17-13-7-3-11(4-8-13)15-19-16(20-15,22-21-15)12-5-9-14(18-2)10-6-12/h3-10,19-20H,1-2H3. The quantitative estimate of drug-likeness (QED) is 0.533. The zero-order valence-electron chi connectivity index (χ0n) is 12.3. The number of hydrogen-bond donors (Lipinski definition) is 0. The van der Waals surface area contributed by atoms with Crippen molar-refractivity contribution in [2.45, 2.75) is 8.46 Å². The van der Waals surface area contributed by atoms with Crippen LogP contribution in [0.5, 0.6) is 11.5 Å². The summed E-state index contributed by atoms with van der Waals surface area (Å²) in [6, 6.07) is 17.2. The fourth-order valence-electron chi connectivity index (χ4n) is 2.74. The van der Waals surface area contributed by atoms with E-state index in [0.29, 0.717) is 8.46 Å². The van der Waals surface area contributed by atoms with E-state index in [0.717, 1.165) is 28.7 Å². The maximum Gasteiger partial charge on any atom is 0.118 e. The molecule has 3 saturated heterocycles. The highest BCUT2D eigenvalue weighted by atomic mass is 33.1. The van der Waals surface area contributed by atoms with Crippen molar-refractivity contribution in [3.8, 4) is 11.5 Å². The Bertz CT molecular complexity index is 623. The minimum absolute atomic E-state index is 0.330. The van der Waals surface area contributed by atoms with Gasteiger partial charge in [0.05, 0.1) is 22.7 Å². The number of fused-ring (bicyclic) bond motifs is 1. The molecule has 0 spiro atoms. The molecule has 0 saturated carbocycles. The molecule has 0 aromatic heterocycles. The Labute approximate surface area is 142 Å². The van der Waals surface area contributed by atoms with Crippen LogP contribution in [0.2, 0.25) is 0 Å². The molecule has 0 radical (unpaired) electrons. The summed E-state index contributed by atoms with van der Waals surface area (Å²) in [5.41, 5.74) is 2.90. The number of ether oxygens (including phenoxy) is 2. The van der Waals surface area contributed by atoms with E-state index in [1.165, 1.54) is 11.1 Å². The number of benzene rings is 2. The van der Waals surface area contributed by atoms with Crippen LogP contribution in [0.1, 0.15) is 11.1 Å². The maximum absolute atomic E-state index is 5.27. The lowest BCUT2D eigenvalue weighted by atomic mass is 10.2. The molecule has 0 atom stereocenters. The van der Waals surface area contributed by atoms with E-state index in [1.54, 1.807) is 14.2 Å². The Kier molecular flexibility index (Phi) is 3.85. The molecule has 3 fully saturated rings.